The number of nitrogens with zero attached hydrogens (tertiary/aromatic N) is 2. The fourth-order valence-electron chi connectivity index (χ4n) is 5.10. The van der Waals surface area contributed by atoms with Gasteiger partial charge in [0.25, 0.3) is 11.5 Å². The lowest BCUT2D eigenvalue weighted by Gasteiger charge is -2.22. The van der Waals surface area contributed by atoms with Crippen molar-refractivity contribution in [1.29, 1.82) is 0 Å². The van der Waals surface area contributed by atoms with Crippen LogP contribution in [0.1, 0.15) is 33.9 Å². The Morgan fingerprint density at radius 1 is 0.975 bits per heavy atom. The minimum atomic E-state index is -0.486. The van der Waals surface area contributed by atoms with E-state index in [4.69, 9.17) is 9.84 Å². The minimum absolute atomic E-state index is 0.294. The third kappa shape index (κ3) is 4.71. The number of hydrogen-bond acceptors (Lipinski definition) is 4. The van der Waals surface area contributed by atoms with Crippen molar-refractivity contribution in [2.24, 2.45) is 5.10 Å². The standard InChI is InChI=1S/C32H23BrFN3O3/c1-40-24-14-9-19(10-15-24)28-18-27(36-37(28)32(39)21-7-12-23(34)13-8-21)30-29(20-5-3-2-4-6-20)25-17-22(33)11-16-26(25)35-31(30)38/h2-17,28H,18H2,1H3,(H,35,38)/t28-/m1/s1. The Labute approximate surface area is 237 Å². The van der Waals surface area contributed by atoms with Gasteiger partial charge in [0.15, 0.2) is 0 Å². The summed E-state index contributed by atoms with van der Waals surface area (Å²) in [6.07, 6.45) is 0.307. The molecule has 0 bridgehead atoms. The molecule has 1 N–H and O–H groups in total. The summed E-state index contributed by atoms with van der Waals surface area (Å²) in [5.41, 5.74) is 4.02. The number of amides is 1. The van der Waals surface area contributed by atoms with Crippen molar-refractivity contribution in [3.8, 4) is 16.9 Å². The molecule has 1 aromatic heterocycles. The number of hydrazone groups is 1. The first-order valence-corrected chi connectivity index (χ1v) is 13.4. The molecule has 0 saturated carbocycles. The van der Waals surface area contributed by atoms with E-state index >= 15 is 0 Å². The second-order valence-electron chi connectivity index (χ2n) is 9.46. The van der Waals surface area contributed by atoms with Gasteiger partial charge in [-0.3, -0.25) is 9.59 Å². The summed E-state index contributed by atoms with van der Waals surface area (Å²) < 4.78 is 19.8. The molecule has 6 rings (SSSR count). The summed E-state index contributed by atoms with van der Waals surface area (Å²) in [6, 6.07) is 27.7. The molecule has 40 heavy (non-hydrogen) atoms. The van der Waals surface area contributed by atoms with Gasteiger partial charge in [0.2, 0.25) is 0 Å². The first-order chi connectivity index (χ1) is 19.4. The summed E-state index contributed by atoms with van der Waals surface area (Å²) in [5.74, 6) is -0.144. The zero-order chi connectivity index (χ0) is 27.8. The maximum Gasteiger partial charge on any atom is 0.274 e. The highest BCUT2D eigenvalue weighted by Gasteiger charge is 2.36. The number of carbonyl (C=O) groups is 1. The highest BCUT2D eigenvalue weighted by Crippen LogP contribution is 2.38. The number of nitrogens with one attached hydrogen (secondary N) is 1. The fourth-order valence-corrected chi connectivity index (χ4v) is 5.47. The number of aromatic nitrogens is 1. The normalized spacial score (nSPS) is 14.8. The van der Waals surface area contributed by atoms with Crippen LogP contribution in [0.25, 0.3) is 22.0 Å². The summed E-state index contributed by atoms with van der Waals surface area (Å²) in [4.78, 5) is 30.4. The molecule has 1 atom stereocenters. The molecule has 0 radical (unpaired) electrons. The fraction of sp³-hybridized carbons (Fsp3) is 0.0938. The molecule has 0 unspecified atom stereocenters. The van der Waals surface area contributed by atoms with Crippen molar-refractivity contribution in [1.82, 2.24) is 9.99 Å². The molecule has 198 valence electrons. The van der Waals surface area contributed by atoms with Crippen LogP contribution in [0.3, 0.4) is 0 Å². The van der Waals surface area contributed by atoms with Crippen molar-refractivity contribution in [2.45, 2.75) is 12.5 Å². The van der Waals surface area contributed by atoms with Crippen molar-refractivity contribution in [2.75, 3.05) is 7.11 Å². The number of hydrogen-bond donors (Lipinski definition) is 1. The van der Waals surface area contributed by atoms with E-state index < -0.39 is 17.8 Å². The molecule has 4 aromatic carbocycles. The smallest absolute Gasteiger partial charge is 0.274 e. The highest BCUT2D eigenvalue weighted by atomic mass is 79.9. The lowest BCUT2D eigenvalue weighted by atomic mass is 9.91. The summed E-state index contributed by atoms with van der Waals surface area (Å²) >= 11 is 3.57. The van der Waals surface area contributed by atoms with E-state index in [2.05, 4.69) is 20.9 Å². The SMILES string of the molecule is COc1ccc([C@H]2CC(c3c(-c4ccccc4)c4cc(Br)ccc4[nH]c3=O)=NN2C(=O)c2ccc(F)cc2)cc1. The van der Waals surface area contributed by atoms with E-state index in [1.165, 1.54) is 29.3 Å². The van der Waals surface area contributed by atoms with E-state index in [9.17, 15) is 14.0 Å². The number of rotatable bonds is 5. The van der Waals surface area contributed by atoms with Gasteiger partial charge < -0.3 is 9.72 Å². The third-order valence-electron chi connectivity index (χ3n) is 7.04. The number of pyridine rings is 1. The Bertz CT molecular complexity index is 1820. The van der Waals surface area contributed by atoms with Crippen molar-refractivity contribution < 1.29 is 13.9 Å². The quantitative estimate of drug-likeness (QED) is 0.235. The Morgan fingerprint density at radius 2 is 1.70 bits per heavy atom. The molecular formula is C32H23BrFN3O3. The number of halogens is 2. The number of methoxy groups -OCH3 is 1. The van der Waals surface area contributed by atoms with Crippen LogP contribution in [0.5, 0.6) is 5.75 Å². The first-order valence-electron chi connectivity index (χ1n) is 12.6. The van der Waals surface area contributed by atoms with Gasteiger partial charge in [0, 0.05) is 32.9 Å². The molecule has 0 aliphatic carbocycles. The average Bonchev–Trinajstić information content (AvgIpc) is 3.42. The molecule has 8 heteroatoms. The highest BCUT2D eigenvalue weighted by molar-refractivity contribution is 9.10. The van der Waals surface area contributed by atoms with Crippen LogP contribution >= 0.6 is 15.9 Å². The maximum absolute atomic E-state index is 13.7. The second kappa shape index (κ2) is 10.5. The van der Waals surface area contributed by atoms with Crippen molar-refractivity contribution >= 4 is 38.5 Å². The van der Waals surface area contributed by atoms with Crippen LogP contribution in [0.4, 0.5) is 4.39 Å². The number of aromatic amines is 1. The van der Waals surface area contributed by atoms with E-state index in [1.54, 1.807) is 7.11 Å². The number of ether oxygens (including phenoxy) is 1. The van der Waals surface area contributed by atoms with Gasteiger partial charge in [0.05, 0.1) is 24.4 Å². The Hall–Kier alpha value is -4.56. The lowest BCUT2D eigenvalue weighted by molar-refractivity contribution is 0.0711. The van der Waals surface area contributed by atoms with Gasteiger partial charge in [-0.15, -0.1) is 0 Å². The van der Waals surface area contributed by atoms with Crippen LogP contribution in [0.2, 0.25) is 0 Å². The van der Waals surface area contributed by atoms with Gasteiger partial charge in [-0.05, 0) is 65.7 Å². The van der Waals surface area contributed by atoms with Gasteiger partial charge in [-0.2, -0.15) is 5.10 Å². The van der Waals surface area contributed by atoms with E-state index in [-0.39, 0.29) is 5.56 Å². The largest absolute Gasteiger partial charge is 0.497 e. The van der Waals surface area contributed by atoms with E-state index in [0.29, 0.717) is 34.5 Å². The zero-order valence-electron chi connectivity index (χ0n) is 21.4. The summed E-state index contributed by atoms with van der Waals surface area (Å²) in [6.45, 7) is 0. The number of H-pyrrole nitrogens is 1. The van der Waals surface area contributed by atoms with Crippen LogP contribution in [-0.4, -0.2) is 28.7 Å². The topological polar surface area (TPSA) is 74.8 Å². The third-order valence-corrected chi connectivity index (χ3v) is 7.53. The monoisotopic (exact) mass is 595 g/mol. The van der Waals surface area contributed by atoms with Gasteiger partial charge in [0.1, 0.15) is 11.6 Å². The van der Waals surface area contributed by atoms with E-state index in [1.807, 2.05) is 72.8 Å². The van der Waals surface area contributed by atoms with Crippen molar-refractivity contribution in [3.63, 3.8) is 0 Å². The van der Waals surface area contributed by atoms with Crippen LogP contribution in [-0.2, 0) is 0 Å². The molecular weight excluding hydrogens is 573 g/mol. The summed E-state index contributed by atoms with van der Waals surface area (Å²) in [5, 5.41) is 7.02. The second-order valence-corrected chi connectivity index (χ2v) is 10.4. The average molecular weight is 596 g/mol. The minimum Gasteiger partial charge on any atom is -0.497 e. The molecule has 0 fully saturated rings. The Morgan fingerprint density at radius 3 is 2.40 bits per heavy atom. The lowest BCUT2D eigenvalue weighted by Crippen LogP contribution is -2.27. The molecule has 1 aliphatic heterocycles. The molecule has 2 heterocycles. The van der Waals surface area contributed by atoms with Crippen LogP contribution in [0, 0.1) is 5.82 Å². The molecule has 0 saturated heterocycles. The zero-order valence-corrected chi connectivity index (χ0v) is 23.0. The molecule has 1 aliphatic rings. The molecule has 0 spiro atoms. The van der Waals surface area contributed by atoms with Gasteiger partial charge in [-0.25, -0.2) is 9.40 Å². The first kappa shape index (κ1) is 25.7. The molecule has 6 nitrogen and oxygen atoms in total. The summed E-state index contributed by atoms with van der Waals surface area (Å²) in [7, 11) is 1.59. The van der Waals surface area contributed by atoms with Crippen molar-refractivity contribution in [3.05, 3.63) is 134 Å². The Balaban J connectivity index is 1.55. The predicted octanol–water partition coefficient (Wildman–Crippen LogP) is 7.10. The maximum atomic E-state index is 13.7. The number of carbonyl (C=O) groups excluding carboxylic acids is 1. The van der Waals surface area contributed by atoms with Gasteiger partial charge in [-0.1, -0.05) is 58.4 Å². The van der Waals surface area contributed by atoms with Crippen LogP contribution < -0.4 is 10.3 Å². The Kier molecular flexibility index (Phi) is 6.77. The van der Waals surface area contributed by atoms with E-state index in [0.717, 1.165) is 26.5 Å². The molecule has 5 aromatic rings. The number of fused-ring (bicyclic) bond motifs is 1. The van der Waals surface area contributed by atoms with Crippen LogP contribution in [0.15, 0.2) is 111 Å². The van der Waals surface area contributed by atoms with Gasteiger partial charge >= 0.3 is 0 Å². The predicted molar refractivity (Wildman–Crippen MR) is 157 cm³/mol. The molecule has 1 amide bonds. The number of benzene rings is 4.